The SMILES string of the molecule is N[C@](CNC(=O)C1=NOC2(C1)CC(CNc1ccccn1)N(C(=O)OCc1ccccc1)C2)(C(=O)O)S(=O)(=O)c1c(Cl)cccc1Cl. The van der Waals surface area contributed by atoms with Crippen molar-refractivity contribution < 1.29 is 37.5 Å². The van der Waals surface area contributed by atoms with Gasteiger partial charge in [0.25, 0.3) is 5.91 Å². The van der Waals surface area contributed by atoms with Gasteiger partial charge in [-0.1, -0.05) is 70.8 Å². The van der Waals surface area contributed by atoms with Crippen molar-refractivity contribution in [1.82, 2.24) is 15.2 Å². The van der Waals surface area contributed by atoms with Crippen LogP contribution in [0.25, 0.3) is 0 Å². The number of carbonyl (C=O) groups excluding carboxylic acids is 2. The molecule has 1 fully saturated rings. The van der Waals surface area contributed by atoms with Crippen LogP contribution in [0.15, 0.2) is 83.0 Å². The normalized spacial score (nSPS) is 20.2. The highest BCUT2D eigenvalue weighted by molar-refractivity contribution is 7.93. The van der Waals surface area contributed by atoms with Crippen LogP contribution in [0.2, 0.25) is 10.0 Å². The molecule has 1 saturated heterocycles. The van der Waals surface area contributed by atoms with Crippen LogP contribution in [-0.4, -0.2) is 83.2 Å². The highest BCUT2D eigenvalue weighted by Crippen LogP contribution is 2.38. The number of amides is 2. The summed E-state index contributed by atoms with van der Waals surface area (Å²) in [6, 6.07) is 17.9. The van der Waals surface area contributed by atoms with E-state index in [0.717, 1.165) is 5.56 Å². The highest BCUT2D eigenvalue weighted by atomic mass is 35.5. The van der Waals surface area contributed by atoms with Gasteiger partial charge >= 0.3 is 12.1 Å². The van der Waals surface area contributed by atoms with E-state index in [1.165, 1.54) is 23.1 Å². The molecule has 2 aliphatic heterocycles. The predicted molar refractivity (Wildman–Crippen MR) is 172 cm³/mol. The van der Waals surface area contributed by atoms with Crippen molar-refractivity contribution in [1.29, 1.82) is 0 Å². The number of halogens is 2. The first-order valence-corrected chi connectivity index (χ1v) is 16.5. The van der Waals surface area contributed by atoms with E-state index in [9.17, 15) is 27.9 Å². The van der Waals surface area contributed by atoms with Gasteiger partial charge in [-0.15, -0.1) is 0 Å². The Labute approximate surface area is 279 Å². The van der Waals surface area contributed by atoms with E-state index in [4.69, 9.17) is 38.5 Å². The van der Waals surface area contributed by atoms with E-state index in [1.807, 2.05) is 36.4 Å². The third-order valence-electron chi connectivity index (χ3n) is 7.77. The first-order chi connectivity index (χ1) is 22.3. The molecule has 3 aromatic rings. The molecule has 3 heterocycles. The lowest BCUT2D eigenvalue weighted by Gasteiger charge is -2.26. The van der Waals surface area contributed by atoms with Crippen LogP contribution in [-0.2, 0) is 35.6 Å². The van der Waals surface area contributed by atoms with E-state index in [1.54, 1.807) is 18.3 Å². The van der Waals surface area contributed by atoms with Crippen molar-refractivity contribution in [2.45, 2.75) is 40.9 Å². The summed E-state index contributed by atoms with van der Waals surface area (Å²) in [6.07, 6.45) is 1.20. The zero-order chi connectivity index (χ0) is 33.8. The smallest absolute Gasteiger partial charge is 0.410 e. The number of sulfone groups is 1. The Kier molecular flexibility index (Phi) is 9.91. The quantitative estimate of drug-likeness (QED) is 0.228. The molecule has 0 bridgehead atoms. The summed E-state index contributed by atoms with van der Waals surface area (Å²) < 4.78 is 32.3. The number of likely N-dealkylation sites (tertiary alicyclic amines) is 1. The Hall–Kier alpha value is -4.44. The molecule has 1 spiro atoms. The number of nitrogens with zero attached hydrogens (tertiary/aromatic N) is 3. The van der Waals surface area contributed by atoms with E-state index in [-0.39, 0.29) is 48.3 Å². The number of carbonyl (C=O) groups is 3. The first kappa shape index (κ1) is 33.9. The fourth-order valence-electron chi connectivity index (χ4n) is 5.29. The Morgan fingerprint density at radius 2 is 1.79 bits per heavy atom. The minimum absolute atomic E-state index is 0.0187. The number of nitrogens with two attached hydrogens (primary N) is 1. The second-order valence-corrected chi connectivity index (χ2v) is 14.0. The van der Waals surface area contributed by atoms with Crippen molar-refractivity contribution in [2.24, 2.45) is 10.9 Å². The monoisotopic (exact) mass is 704 g/mol. The number of pyridine rings is 1. The van der Waals surface area contributed by atoms with Crippen LogP contribution in [0.5, 0.6) is 0 Å². The maximum Gasteiger partial charge on any atom is 0.410 e. The number of rotatable bonds is 11. The van der Waals surface area contributed by atoms with Gasteiger partial charge in [0.2, 0.25) is 14.7 Å². The average Bonchev–Trinajstić information content (AvgIpc) is 3.64. The maximum absolute atomic E-state index is 13.4. The molecule has 3 atom stereocenters. The predicted octanol–water partition coefficient (Wildman–Crippen LogP) is 3.06. The molecular weight excluding hydrogens is 675 g/mol. The standard InChI is InChI=1S/C30H30Cl2N6O8S/c31-21-9-6-10-22(32)25(21)47(43,44)30(33,27(40)41)17-36-26(39)23-14-29(46-37-23)13-20(15-35-24-11-4-5-12-34-24)38(18-29)28(42)45-16-19-7-2-1-3-8-19/h1-12,20H,13-18,33H2,(H,34,35)(H,36,39)(H,40,41)/t20?,29?,30-/m0/s1. The molecule has 47 heavy (non-hydrogen) atoms. The number of hydrogen-bond donors (Lipinski definition) is 4. The Bertz CT molecular complexity index is 1780. The number of carboxylic acids is 1. The first-order valence-electron chi connectivity index (χ1n) is 14.2. The molecule has 2 unspecified atom stereocenters. The van der Waals surface area contributed by atoms with Crippen LogP contribution in [0.1, 0.15) is 18.4 Å². The second kappa shape index (κ2) is 13.7. The van der Waals surface area contributed by atoms with Gasteiger partial charge < -0.3 is 31.0 Å². The molecule has 17 heteroatoms. The molecule has 5 rings (SSSR count). The van der Waals surface area contributed by atoms with E-state index >= 15 is 0 Å². The van der Waals surface area contributed by atoms with Gasteiger partial charge in [0.05, 0.1) is 29.2 Å². The lowest BCUT2D eigenvalue weighted by molar-refractivity contribution is -0.139. The minimum Gasteiger partial charge on any atom is -0.479 e. The third-order valence-corrected chi connectivity index (χ3v) is 10.9. The summed E-state index contributed by atoms with van der Waals surface area (Å²) in [6.45, 7) is -0.710. The molecule has 2 amide bonds. The number of hydrogen-bond acceptors (Lipinski definition) is 11. The van der Waals surface area contributed by atoms with E-state index in [0.29, 0.717) is 5.82 Å². The summed E-state index contributed by atoms with van der Waals surface area (Å²) in [5.41, 5.74) is 5.45. The molecule has 2 aliphatic rings. The largest absolute Gasteiger partial charge is 0.479 e. The number of aliphatic carboxylic acids is 1. The van der Waals surface area contributed by atoms with Crippen LogP contribution >= 0.6 is 23.2 Å². The second-order valence-electron chi connectivity index (χ2n) is 11.0. The number of aromatic nitrogens is 1. The molecule has 1 aromatic heterocycles. The molecule has 2 aromatic carbocycles. The number of anilines is 1. The topological polar surface area (TPSA) is 203 Å². The molecule has 0 radical (unpaired) electrons. The molecule has 0 aliphatic carbocycles. The molecule has 14 nitrogen and oxygen atoms in total. The average molecular weight is 706 g/mol. The van der Waals surface area contributed by atoms with Gasteiger partial charge in [-0.25, -0.2) is 23.0 Å². The van der Waals surface area contributed by atoms with Gasteiger partial charge in [0, 0.05) is 25.6 Å². The number of oxime groups is 1. The van der Waals surface area contributed by atoms with Crippen LogP contribution < -0.4 is 16.4 Å². The van der Waals surface area contributed by atoms with E-state index in [2.05, 4.69) is 20.8 Å². The van der Waals surface area contributed by atoms with Gasteiger partial charge in [0.1, 0.15) is 23.0 Å². The fourth-order valence-corrected chi connectivity index (χ4v) is 7.80. The van der Waals surface area contributed by atoms with Crippen LogP contribution in [0, 0.1) is 0 Å². The number of ether oxygens (including phenoxy) is 1. The van der Waals surface area contributed by atoms with Gasteiger partial charge in [-0.2, -0.15) is 0 Å². The van der Waals surface area contributed by atoms with Crippen molar-refractivity contribution in [3.8, 4) is 0 Å². The summed E-state index contributed by atoms with van der Waals surface area (Å²) >= 11 is 12.1. The zero-order valence-electron chi connectivity index (χ0n) is 24.6. The maximum atomic E-state index is 13.4. The Morgan fingerprint density at radius 3 is 2.45 bits per heavy atom. The van der Waals surface area contributed by atoms with Crippen molar-refractivity contribution in [3.05, 3.63) is 88.5 Å². The molecule has 0 saturated carbocycles. The van der Waals surface area contributed by atoms with Crippen LogP contribution in [0.4, 0.5) is 10.6 Å². The van der Waals surface area contributed by atoms with Gasteiger partial charge in [-0.05, 0) is 29.8 Å². The highest BCUT2D eigenvalue weighted by Gasteiger charge is 2.54. The lowest BCUT2D eigenvalue weighted by atomic mass is 9.94. The number of carboxylic acid groups (broad SMARTS) is 1. The molecular formula is C30H30Cl2N6O8S. The van der Waals surface area contributed by atoms with Crippen LogP contribution in [0.3, 0.4) is 0 Å². The van der Waals surface area contributed by atoms with Gasteiger partial charge in [0.15, 0.2) is 5.60 Å². The minimum atomic E-state index is -4.92. The molecule has 5 N–H and O–H groups in total. The number of benzene rings is 2. The van der Waals surface area contributed by atoms with Gasteiger partial charge in [-0.3, -0.25) is 9.69 Å². The number of nitrogens with one attached hydrogen (secondary N) is 2. The summed E-state index contributed by atoms with van der Waals surface area (Å²) in [5.74, 6) is -2.27. The Balaban J connectivity index is 1.28. The third kappa shape index (κ3) is 7.12. The Morgan fingerprint density at radius 1 is 1.09 bits per heavy atom. The van der Waals surface area contributed by atoms with Crippen molar-refractivity contribution in [3.63, 3.8) is 0 Å². The molecule has 248 valence electrons. The fraction of sp³-hybridized carbons (Fsp3) is 0.300. The zero-order valence-corrected chi connectivity index (χ0v) is 27.0. The van der Waals surface area contributed by atoms with Crippen molar-refractivity contribution >= 4 is 62.5 Å². The lowest BCUT2D eigenvalue weighted by Crippen LogP contribution is -2.61. The summed E-state index contributed by atoms with van der Waals surface area (Å²) in [7, 11) is -4.92. The van der Waals surface area contributed by atoms with E-state index < -0.39 is 55.8 Å². The summed E-state index contributed by atoms with van der Waals surface area (Å²) in [4.78, 5) is 46.4. The summed E-state index contributed by atoms with van der Waals surface area (Å²) in [5, 5.41) is 18.5. The van der Waals surface area contributed by atoms with Crippen molar-refractivity contribution in [2.75, 3.05) is 25.0 Å².